The molecule has 2 rings (SSSR count). The van der Waals surface area contributed by atoms with Crippen LogP contribution < -0.4 is 5.32 Å². The zero-order valence-corrected chi connectivity index (χ0v) is 14.5. The number of nitrogens with zero attached hydrogens (tertiary/aromatic N) is 1. The average molecular weight is 325 g/mol. The quantitative estimate of drug-likeness (QED) is 0.791. The van der Waals surface area contributed by atoms with Gasteiger partial charge in [0.1, 0.15) is 0 Å². The lowest BCUT2D eigenvalue weighted by molar-refractivity contribution is 0.571. The summed E-state index contributed by atoms with van der Waals surface area (Å²) in [6.45, 7) is 10.5. The summed E-state index contributed by atoms with van der Waals surface area (Å²) in [5, 5.41) is 4.75. The molecule has 0 aliphatic heterocycles. The summed E-state index contributed by atoms with van der Waals surface area (Å²) < 4.78 is 2.33. The van der Waals surface area contributed by atoms with E-state index in [2.05, 4.69) is 43.6 Å². The van der Waals surface area contributed by atoms with E-state index in [4.69, 9.17) is 23.2 Å². The number of halogens is 2. The molecule has 0 saturated heterocycles. The first-order valence-electron chi connectivity index (χ1n) is 7.28. The van der Waals surface area contributed by atoms with Crippen LogP contribution in [0.1, 0.15) is 42.4 Å². The van der Waals surface area contributed by atoms with E-state index in [1.807, 2.05) is 18.2 Å². The van der Waals surface area contributed by atoms with Gasteiger partial charge >= 0.3 is 0 Å². The lowest BCUT2D eigenvalue weighted by Gasteiger charge is -2.15. The Kier molecular flexibility index (Phi) is 5.37. The maximum absolute atomic E-state index is 6.08. The van der Waals surface area contributed by atoms with Crippen LogP contribution in [0.3, 0.4) is 0 Å². The van der Waals surface area contributed by atoms with Gasteiger partial charge in [0.25, 0.3) is 0 Å². The highest BCUT2D eigenvalue weighted by atomic mass is 35.5. The highest BCUT2D eigenvalue weighted by Gasteiger charge is 2.11. The van der Waals surface area contributed by atoms with Crippen molar-refractivity contribution in [2.24, 2.45) is 0 Å². The van der Waals surface area contributed by atoms with Crippen LogP contribution >= 0.6 is 23.2 Å². The number of rotatable bonds is 5. The van der Waals surface area contributed by atoms with Crippen molar-refractivity contribution in [3.63, 3.8) is 0 Å². The van der Waals surface area contributed by atoms with E-state index in [1.165, 1.54) is 17.0 Å². The molecule has 0 bridgehead atoms. The molecule has 1 aromatic carbocycles. The molecule has 114 valence electrons. The number of hydrogen-bond donors (Lipinski definition) is 1. The van der Waals surface area contributed by atoms with Crippen LogP contribution in [0.2, 0.25) is 10.0 Å². The zero-order valence-electron chi connectivity index (χ0n) is 13.0. The van der Waals surface area contributed by atoms with Gasteiger partial charge in [-0.05, 0) is 57.0 Å². The van der Waals surface area contributed by atoms with Crippen molar-refractivity contribution in [1.29, 1.82) is 0 Å². The first kappa shape index (κ1) is 16.4. The molecule has 1 aromatic heterocycles. The minimum absolute atomic E-state index is 0.226. The summed E-state index contributed by atoms with van der Waals surface area (Å²) >= 11 is 12.0. The largest absolute Gasteiger partial charge is 0.349 e. The minimum atomic E-state index is 0.226. The van der Waals surface area contributed by atoms with Gasteiger partial charge in [0.2, 0.25) is 0 Å². The smallest absolute Gasteiger partial charge is 0.0595 e. The van der Waals surface area contributed by atoms with Gasteiger partial charge in [-0.15, -0.1) is 0 Å². The van der Waals surface area contributed by atoms with Crippen LogP contribution in [-0.4, -0.2) is 4.57 Å². The van der Waals surface area contributed by atoms with Gasteiger partial charge < -0.3 is 9.88 Å². The molecule has 0 aliphatic carbocycles. The minimum Gasteiger partial charge on any atom is -0.349 e. The van der Waals surface area contributed by atoms with Gasteiger partial charge in [-0.2, -0.15) is 0 Å². The number of aryl methyl sites for hydroxylation is 1. The maximum atomic E-state index is 6.08. The van der Waals surface area contributed by atoms with E-state index >= 15 is 0 Å². The molecule has 0 aliphatic rings. The lowest BCUT2D eigenvalue weighted by atomic mass is 10.1. The standard InChI is InChI=1S/C17H22Cl2N2/c1-5-21-11(2)8-15(13(21)4)10-20-12(3)14-6-7-16(18)17(19)9-14/h6-9,12,20H,5,10H2,1-4H3. The van der Waals surface area contributed by atoms with Gasteiger partial charge in [0.15, 0.2) is 0 Å². The van der Waals surface area contributed by atoms with Crippen LogP contribution in [0, 0.1) is 13.8 Å². The normalized spacial score (nSPS) is 12.7. The van der Waals surface area contributed by atoms with Crippen LogP contribution in [0.25, 0.3) is 0 Å². The Morgan fingerprint density at radius 1 is 1.14 bits per heavy atom. The molecule has 0 fully saturated rings. The fourth-order valence-corrected chi connectivity index (χ4v) is 3.01. The predicted molar refractivity (Wildman–Crippen MR) is 91.3 cm³/mol. The summed E-state index contributed by atoms with van der Waals surface area (Å²) in [6, 6.07) is 8.27. The topological polar surface area (TPSA) is 17.0 Å². The maximum Gasteiger partial charge on any atom is 0.0595 e. The van der Waals surface area contributed by atoms with Crippen molar-refractivity contribution in [3.05, 3.63) is 56.8 Å². The summed E-state index contributed by atoms with van der Waals surface area (Å²) in [4.78, 5) is 0. The third-order valence-electron chi connectivity index (χ3n) is 4.04. The molecule has 21 heavy (non-hydrogen) atoms. The monoisotopic (exact) mass is 324 g/mol. The van der Waals surface area contributed by atoms with Crippen LogP contribution in [0.4, 0.5) is 0 Å². The van der Waals surface area contributed by atoms with Crippen molar-refractivity contribution in [2.75, 3.05) is 0 Å². The zero-order chi connectivity index (χ0) is 15.6. The van der Waals surface area contributed by atoms with Gasteiger partial charge in [-0.1, -0.05) is 29.3 Å². The van der Waals surface area contributed by atoms with Crippen LogP contribution in [0.5, 0.6) is 0 Å². The van der Waals surface area contributed by atoms with Crippen molar-refractivity contribution in [2.45, 2.75) is 46.8 Å². The van der Waals surface area contributed by atoms with E-state index in [9.17, 15) is 0 Å². The van der Waals surface area contributed by atoms with E-state index in [0.717, 1.165) is 18.7 Å². The first-order chi connectivity index (χ1) is 9.93. The first-order valence-corrected chi connectivity index (χ1v) is 8.03. The highest BCUT2D eigenvalue weighted by Crippen LogP contribution is 2.26. The molecule has 4 heteroatoms. The Balaban J connectivity index is 2.07. The highest BCUT2D eigenvalue weighted by molar-refractivity contribution is 6.42. The fourth-order valence-electron chi connectivity index (χ4n) is 2.70. The predicted octanol–water partition coefficient (Wildman–Crippen LogP) is 5.28. The van der Waals surface area contributed by atoms with E-state index in [0.29, 0.717) is 10.0 Å². The number of hydrogen-bond acceptors (Lipinski definition) is 1. The number of aromatic nitrogens is 1. The average Bonchev–Trinajstić information content (AvgIpc) is 2.73. The molecule has 0 amide bonds. The van der Waals surface area contributed by atoms with E-state index < -0.39 is 0 Å². The molecule has 1 N–H and O–H groups in total. The molecule has 0 radical (unpaired) electrons. The summed E-state index contributed by atoms with van der Waals surface area (Å²) in [7, 11) is 0. The SMILES string of the molecule is CCn1c(C)cc(CNC(C)c2ccc(Cl)c(Cl)c2)c1C. The van der Waals surface area contributed by atoms with Crippen molar-refractivity contribution in [1.82, 2.24) is 9.88 Å². The molecular weight excluding hydrogens is 303 g/mol. The molecule has 1 atom stereocenters. The van der Waals surface area contributed by atoms with Gasteiger partial charge in [-0.3, -0.25) is 0 Å². The van der Waals surface area contributed by atoms with Gasteiger partial charge in [0, 0.05) is 30.5 Å². The molecule has 2 nitrogen and oxygen atoms in total. The van der Waals surface area contributed by atoms with Crippen molar-refractivity contribution in [3.8, 4) is 0 Å². The lowest BCUT2D eigenvalue weighted by Crippen LogP contribution is -2.18. The fraction of sp³-hybridized carbons (Fsp3) is 0.412. The molecular formula is C17H22Cl2N2. The van der Waals surface area contributed by atoms with Gasteiger partial charge in [0.05, 0.1) is 10.0 Å². The Labute approximate surface area is 137 Å². The second-order valence-electron chi connectivity index (χ2n) is 5.42. The number of benzene rings is 1. The summed E-state index contributed by atoms with van der Waals surface area (Å²) in [6.07, 6.45) is 0. The molecule has 0 spiro atoms. The Hall–Kier alpha value is -0.960. The molecule has 1 heterocycles. The Morgan fingerprint density at radius 3 is 2.43 bits per heavy atom. The number of nitrogens with one attached hydrogen (secondary N) is 1. The van der Waals surface area contributed by atoms with Crippen molar-refractivity contribution >= 4 is 23.2 Å². The summed E-state index contributed by atoms with van der Waals surface area (Å²) in [5.74, 6) is 0. The Morgan fingerprint density at radius 2 is 1.86 bits per heavy atom. The summed E-state index contributed by atoms with van der Waals surface area (Å²) in [5.41, 5.74) is 5.15. The van der Waals surface area contributed by atoms with Gasteiger partial charge in [-0.25, -0.2) is 0 Å². The molecule has 0 saturated carbocycles. The molecule has 2 aromatic rings. The van der Waals surface area contributed by atoms with Crippen LogP contribution in [-0.2, 0) is 13.1 Å². The molecule has 1 unspecified atom stereocenters. The van der Waals surface area contributed by atoms with Crippen LogP contribution in [0.15, 0.2) is 24.3 Å². The van der Waals surface area contributed by atoms with E-state index in [-0.39, 0.29) is 6.04 Å². The van der Waals surface area contributed by atoms with E-state index in [1.54, 1.807) is 0 Å². The Bertz CT molecular complexity index is 632. The van der Waals surface area contributed by atoms with Crippen molar-refractivity contribution < 1.29 is 0 Å². The third-order valence-corrected chi connectivity index (χ3v) is 4.78. The second-order valence-corrected chi connectivity index (χ2v) is 6.23. The second kappa shape index (κ2) is 6.87. The third kappa shape index (κ3) is 3.63.